The largest absolute Gasteiger partial charge is 0.296 e. The zero-order valence-corrected chi connectivity index (χ0v) is 15.0. The number of rotatable bonds is 5. The summed E-state index contributed by atoms with van der Waals surface area (Å²) >= 11 is 5.40. The molecule has 2 heterocycles. The number of nitrogens with one attached hydrogen (secondary N) is 1. The van der Waals surface area contributed by atoms with Gasteiger partial charge in [-0.15, -0.1) is 11.3 Å². The van der Waals surface area contributed by atoms with E-state index in [0.29, 0.717) is 6.04 Å². The Balaban J connectivity index is 1.79. The molecular formula is C16H26BrN3S. The minimum atomic E-state index is 0.283. The second-order valence-corrected chi connectivity index (χ2v) is 8.42. The molecule has 118 valence electrons. The van der Waals surface area contributed by atoms with Gasteiger partial charge in [-0.25, -0.2) is 0 Å². The van der Waals surface area contributed by atoms with Crippen LogP contribution in [0.4, 0.5) is 0 Å². The molecule has 1 saturated carbocycles. The first-order valence-electron chi connectivity index (χ1n) is 8.19. The van der Waals surface area contributed by atoms with E-state index in [2.05, 4.69) is 37.7 Å². The van der Waals surface area contributed by atoms with Crippen LogP contribution in [0.15, 0.2) is 15.9 Å². The average molecular weight is 372 g/mol. The molecule has 1 saturated heterocycles. The first-order valence-corrected chi connectivity index (χ1v) is 9.86. The highest BCUT2D eigenvalue weighted by molar-refractivity contribution is 9.10. The number of halogens is 1. The van der Waals surface area contributed by atoms with Crippen LogP contribution < -0.4 is 11.3 Å². The average Bonchev–Trinajstić information content (AvgIpc) is 3.15. The van der Waals surface area contributed by atoms with Crippen LogP contribution >= 0.6 is 27.3 Å². The van der Waals surface area contributed by atoms with Crippen molar-refractivity contribution >= 4 is 27.3 Å². The predicted octanol–water partition coefficient (Wildman–Crippen LogP) is 3.68. The molecule has 1 atom stereocenters. The lowest BCUT2D eigenvalue weighted by Gasteiger charge is -2.48. The van der Waals surface area contributed by atoms with E-state index in [4.69, 9.17) is 5.84 Å². The first-order chi connectivity index (χ1) is 10.2. The van der Waals surface area contributed by atoms with Crippen LogP contribution in [0.25, 0.3) is 0 Å². The Labute approximate surface area is 140 Å². The lowest BCUT2D eigenvalue weighted by molar-refractivity contribution is 0.0368. The molecule has 21 heavy (non-hydrogen) atoms. The van der Waals surface area contributed by atoms with Crippen molar-refractivity contribution < 1.29 is 0 Å². The van der Waals surface area contributed by atoms with Gasteiger partial charge in [0, 0.05) is 32.7 Å². The summed E-state index contributed by atoms with van der Waals surface area (Å²) in [6, 6.07) is 2.61. The summed E-state index contributed by atoms with van der Waals surface area (Å²) in [7, 11) is 0. The summed E-state index contributed by atoms with van der Waals surface area (Å²) in [6.07, 6.45) is 10.4. The molecule has 3 nitrogen and oxygen atoms in total. The predicted molar refractivity (Wildman–Crippen MR) is 93.5 cm³/mol. The van der Waals surface area contributed by atoms with Gasteiger partial charge >= 0.3 is 0 Å². The van der Waals surface area contributed by atoms with Gasteiger partial charge in [-0.2, -0.15) is 0 Å². The fourth-order valence-electron chi connectivity index (χ4n) is 4.28. The number of likely N-dealkylation sites (tertiary alicyclic amines) is 1. The maximum Gasteiger partial charge on any atom is 0.0442 e. The Morgan fingerprint density at radius 3 is 2.52 bits per heavy atom. The second kappa shape index (κ2) is 7.09. The van der Waals surface area contributed by atoms with Gasteiger partial charge in [-0.1, -0.05) is 19.3 Å². The van der Waals surface area contributed by atoms with E-state index in [1.165, 1.54) is 67.4 Å². The van der Waals surface area contributed by atoms with Crippen LogP contribution in [0.5, 0.6) is 0 Å². The summed E-state index contributed by atoms with van der Waals surface area (Å²) in [6.45, 7) is 2.51. The van der Waals surface area contributed by atoms with E-state index >= 15 is 0 Å². The van der Waals surface area contributed by atoms with Gasteiger partial charge in [0.1, 0.15) is 0 Å². The summed E-state index contributed by atoms with van der Waals surface area (Å²) in [4.78, 5) is 4.18. The fourth-order valence-corrected chi connectivity index (χ4v) is 5.78. The minimum absolute atomic E-state index is 0.283. The van der Waals surface area contributed by atoms with E-state index < -0.39 is 0 Å². The summed E-state index contributed by atoms with van der Waals surface area (Å²) in [5, 5.41) is 2.17. The quantitative estimate of drug-likeness (QED) is 0.612. The monoisotopic (exact) mass is 371 g/mol. The van der Waals surface area contributed by atoms with E-state index in [-0.39, 0.29) is 5.54 Å². The van der Waals surface area contributed by atoms with Crippen molar-refractivity contribution in [1.82, 2.24) is 10.3 Å². The Bertz CT molecular complexity index is 450. The van der Waals surface area contributed by atoms with Crippen molar-refractivity contribution in [2.45, 2.75) is 62.9 Å². The molecule has 0 aromatic carbocycles. The molecule has 1 aromatic rings. The highest BCUT2D eigenvalue weighted by Crippen LogP contribution is 2.41. The van der Waals surface area contributed by atoms with Crippen molar-refractivity contribution in [3.8, 4) is 0 Å². The molecule has 1 unspecified atom stereocenters. The van der Waals surface area contributed by atoms with Gasteiger partial charge in [0.2, 0.25) is 0 Å². The molecule has 3 rings (SSSR count). The molecule has 1 aliphatic carbocycles. The Hall–Kier alpha value is 0.0600. The molecular weight excluding hydrogens is 346 g/mol. The van der Waals surface area contributed by atoms with Crippen molar-refractivity contribution in [3.63, 3.8) is 0 Å². The standard InChI is InChI=1S/C16H26BrN3S/c17-13-10-14(21-12-13)11-15(19-18)16(6-2-3-7-16)20-8-4-1-5-9-20/h10,12,15,19H,1-9,11,18H2. The number of hydrogen-bond acceptors (Lipinski definition) is 4. The molecule has 0 amide bonds. The van der Waals surface area contributed by atoms with Gasteiger partial charge in [0.25, 0.3) is 0 Å². The van der Waals surface area contributed by atoms with E-state index in [9.17, 15) is 0 Å². The third kappa shape index (κ3) is 3.37. The molecule has 5 heteroatoms. The lowest BCUT2D eigenvalue weighted by atomic mass is 9.82. The van der Waals surface area contributed by atoms with Crippen molar-refractivity contribution in [3.05, 3.63) is 20.8 Å². The second-order valence-electron chi connectivity index (χ2n) is 6.51. The Kier molecular flexibility index (Phi) is 5.38. The molecule has 0 radical (unpaired) electrons. The van der Waals surface area contributed by atoms with E-state index in [0.717, 1.165) is 6.42 Å². The van der Waals surface area contributed by atoms with Crippen LogP contribution in [-0.4, -0.2) is 29.6 Å². The Morgan fingerprint density at radius 1 is 1.24 bits per heavy atom. The first kappa shape index (κ1) is 15.9. The fraction of sp³-hybridized carbons (Fsp3) is 0.750. The summed E-state index contributed by atoms with van der Waals surface area (Å²) < 4.78 is 1.19. The number of hydrazine groups is 1. The van der Waals surface area contributed by atoms with E-state index in [1.807, 2.05) is 11.3 Å². The Morgan fingerprint density at radius 2 is 1.95 bits per heavy atom. The van der Waals surface area contributed by atoms with E-state index in [1.54, 1.807) is 0 Å². The third-order valence-corrected chi connectivity index (χ3v) is 7.05. The highest BCUT2D eigenvalue weighted by atomic mass is 79.9. The van der Waals surface area contributed by atoms with Gasteiger partial charge < -0.3 is 0 Å². The van der Waals surface area contributed by atoms with Gasteiger partial charge in [0.05, 0.1) is 0 Å². The number of nitrogens with two attached hydrogens (primary N) is 1. The zero-order valence-electron chi connectivity index (χ0n) is 12.6. The number of nitrogens with zero attached hydrogens (tertiary/aromatic N) is 1. The van der Waals surface area contributed by atoms with Gasteiger partial charge in [-0.05, 0) is 60.8 Å². The molecule has 0 spiro atoms. The van der Waals surface area contributed by atoms with Crippen LogP contribution in [0.2, 0.25) is 0 Å². The van der Waals surface area contributed by atoms with Crippen LogP contribution in [0, 0.1) is 0 Å². The molecule has 2 fully saturated rings. The molecule has 0 bridgehead atoms. The smallest absolute Gasteiger partial charge is 0.0442 e. The maximum atomic E-state index is 6.02. The van der Waals surface area contributed by atoms with Crippen molar-refractivity contribution in [2.75, 3.05) is 13.1 Å². The van der Waals surface area contributed by atoms with Crippen molar-refractivity contribution in [1.29, 1.82) is 0 Å². The number of thiophene rings is 1. The minimum Gasteiger partial charge on any atom is -0.296 e. The van der Waals surface area contributed by atoms with Crippen molar-refractivity contribution in [2.24, 2.45) is 5.84 Å². The molecule has 2 aliphatic rings. The van der Waals surface area contributed by atoms with Gasteiger partial charge in [-0.3, -0.25) is 16.2 Å². The molecule has 1 aliphatic heterocycles. The normalized spacial score (nSPS) is 24.3. The topological polar surface area (TPSA) is 41.3 Å². The summed E-state index contributed by atoms with van der Waals surface area (Å²) in [5.41, 5.74) is 3.47. The van der Waals surface area contributed by atoms with Crippen LogP contribution in [-0.2, 0) is 6.42 Å². The maximum absolute atomic E-state index is 6.02. The highest BCUT2D eigenvalue weighted by Gasteiger charge is 2.45. The number of hydrogen-bond donors (Lipinski definition) is 2. The van der Waals surface area contributed by atoms with Crippen LogP contribution in [0.1, 0.15) is 49.8 Å². The van der Waals surface area contributed by atoms with Crippen LogP contribution in [0.3, 0.4) is 0 Å². The SMILES string of the molecule is NNC(Cc1cc(Br)cs1)C1(N2CCCCC2)CCCC1. The number of piperidine rings is 1. The zero-order chi connectivity index (χ0) is 14.7. The lowest BCUT2D eigenvalue weighted by Crippen LogP contribution is -2.63. The molecule has 1 aromatic heterocycles. The molecule has 3 N–H and O–H groups in total. The van der Waals surface area contributed by atoms with Gasteiger partial charge in [0.15, 0.2) is 0 Å². The summed E-state index contributed by atoms with van der Waals surface area (Å²) in [5.74, 6) is 6.02. The third-order valence-electron chi connectivity index (χ3n) is 5.33.